The summed E-state index contributed by atoms with van der Waals surface area (Å²) >= 11 is 1.21. The van der Waals surface area contributed by atoms with Gasteiger partial charge in [0, 0.05) is 43.9 Å². The molecule has 1 saturated heterocycles. The molecule has 2 atom stereocenters. The van der Waals surface area contributed by atoms with Crippen molar-refractivity contribution < 1.29 is 31.1 Å². The fourth-order valence-corrected chi connectivity index (χ4v) is 6.40. The molecular formula is C29H28F6N4OS. The van der Waals surface area contributed by atoms with Crippen LogP contribution in [0.5, 0.6) is 0 Å². The number of anilines is 1. The molecule has 3 aromatic rings. The fourth-order valence-electron chi connectivity index (χ4n) is 5.30. The molecular weight excluding hydrogens is 566 g/mol. The Labute approximate surface area is 237 Å². The Bertz CT molecular complexity index is 1360. The summed E-state index contributed by atoms with van der Waals surface area (Å²) in [5, 5.41) is 9.52. The summed E-state index contributed by atoms with van der Waals surface area (Å²) in [6.45, 7) is 0.762. The number of benzene rings is 2. The van der Waals surface area contributed by atoms with Gasteiger partial charge in [-0.3, -0.25) is 14.6 Å². The number of nitrogens with zero attached hydrogens (tertiary/aromatic N) is 3. The van der Waals surface area contributed by atoms with E-state index in [9.17, 15) is 31.1 Å². The van der Waals surface area contributed by atoms with Crippen molar-refractivity contribution in [2.24, 2.45) is 0 Å². The van der Waals surface area contributed by atoms with Crippen LogP contribution >= 0.6 is 11.3 Å². The molecule has 5 nitrogen and oxygen atoms in total. The molecule has 0 bridgehead atoms. The van der Waals surface area contributed by atoms with Gasteiger partial charge in [-0.25, -0.2) is 0 Å². The number of thiophene rings is 1. The Morgan fingerprint density at radius 3 is 1.71 bits per heavy atom. The summed E-state index contributed by atoms with van der Waals surface area (Å²) in [4.78, 5) is 14.6. The molecule has 2 aliphatic rings. The van der Waals surface area contributed by atoms with Crippen LogP contribution in [-0.2, 0) is 17.8 Å². The van der Waals surface area contributed by atoms with E-state index in [2.05, 4.69) is 6.07 Å². The van der Waals surface area contributed by atoms with Gasteiger partial charge in [-0.05, 0) is 23.1 Å². The number of nitriles is 1. The molecule has 5 rings (SSSR count). The van der Waals surface area contributed by atoms with Gasteiger partial charge in [-0.15, -0.1) is 11.3 Å². The predicted octanol–water partition coefficient (Wildman–Crippen LogP) is 6.82. The second-order valence-corrected chi connectivity index (χ2v) is 11.0. The highest BCUT2D eigenvalue weighted by Gasteiger charge is 2.46. The SMILES string of the molecule is N#Cc1c(N)sc2c1CCN(C(c1ccccc1)C(F)(F)F)C2.O=C1CCN(C(c2ccccc2)C(F)(F)F)CC1. The average Bonchev–Trinajstić information content (AvgIpc) is 3.24. The molecule has 12 heteroatoms. The highest BCUT2D eigenvalue weighted by Crippen LogP contribution is 2.43. The van der Waals surface area contributed by atoms with Gasteiger partial charge in [0.15, 0.2) is 0 Å². The lowest BCUT2D eigenvalue weighted by Gasteiger charge is -2.35. The normalized spacial score (nSPS) is 18.0. The summed E-state index contributed by atoms with van der Waals surface area (Å²) < 4.78 is 80.3. The zero-order valence-corrected chi connectivity index (χ0v) is 22.7. The van der Waals surface area contributed by atoms with Crippen LogP contribution in [0.2, 0.25) is 0 Å². The monoisotopic (exact) mass is 594 g/mol. The molecule has 0 aliphatic carbocycles. The minimum atomic E-state index is -4.36. The molecule has 0 saturated carbocycles. The quantitative estimate of drug-likeness (QED) is 0.336. The van der Waals surface area contributed by atoms with Crippen LogP contribution in [-0.4, -0.2) is 47.6 Å². The Morgan fingerprint density at radius 2 is 1.24 bits per heavy atom. The first-order valence-electron chi connectivity index (χ1n) is 12.9. The molecule has 2 aliphatic heterocycles. The Hall–Kier alpha value is -3.40. The van der Waals surface area contributed by atoms with Crippen molar-refractivity contribution in [3.05, 3.63) is 87.8 Å². The standard InChI is InChI=1S/C16H14F3N3S.C13H14F3NO/c17-16(18,19)14(10-4-2-1-3-5-10)22-7-6-11-12(8-20)15(21)23-13(11)9-22;14-13(15,16)12(10-4-2-1-3-5-10)17-8-6-11(18)7-9-17/h1-5,14H,6-7,9,21H2;1-5,12H,6-9H2. The number of rotatable bonds is 4. The number of carbonyl (C=O) groups excluding carboxylic acids is 1. The van der Waals surface area contributed by atoms with E-state index in [-0.39, 0.29) is 55.9 Å². The van der Waals surface area contributed by atoms with Gasteiger partial charge in [0.25, 0.3) is 0 Å². The van der Waals surface area contributed by atoms with Crippen molar-refractivity contribution in [2.45, 2.75) is 50.2 Å². The summed E-state index contributed by atoms with van der Waals surface area (Å²) in [5.74, 6) is 0.0419. The summed E-state index contributed by atoms with van der Waals surface area (Å²) in [5.41, 5.74) is 7.50. The number of fused-ring (bicyclic) bond motifs is 1. The zero-order chi connectivity index (χ0) is 29.8. The van der Waals surface area contributed by atoms with E-state index in [1.54, 1.807) is 36.4 Å². The van der Waals surface area contributed by atoms with E-state index in [4.69, 9.17) is 11.0 Å². The van der Waals surface area contributed by atoms with Gasteiger partial charge in [0.1, 0.15) is 28.9 Å². The molecule has 0 spiro atoms. The highest BCUT2D eigenvalue weighted by molar-refractivity contribution is 7.16. The van der Waals surface area contributed by atoms with E-state index in [0.29, 0.717) is 17.0 Å². The number of nitrogen functional groups attached to an aromatic ring is 1. The average molecular weight is 595 g/mol. The number of hydrogen-bond acceptors (Lipinski definition) is 6. The number of likely N-dealkylation sites (tertiary alicyclic amines) is 1. The molecule has 1 fully saturated rings. The van der Waals surface area contributed by atoms with Crippen LogP contribution in [0.3, 0.4) is 0 Å². The Morgan fingerprint density at radius 1 is 0.780 bits per heavy atom. The van der Waals surface area contributed by atoms with E-state index in [0.717, 1.165) is 10.4 Å². The van der Waals surface area contributed by atoms with Crippen LogP contribution in [0.15, 0.2) is 60.7 Å². The number of ketones is 1. The molecule has 2 aromatic carbocycles. The first kappa shape index (κ1) is 30.6. The number of Topliss-reactive ketones (excluding diaryl/α,β-unsaturated/α-hetero) is 1. The third-order valence-corrected chi connectivity index (χ3v) is 8.21. The second-order valence-electron chi connectivity index (χ2n) is 9.86. The third kappa shape index (κ3) is 7.28. The lowest BCUT2D eigenvalue weighted by Crippen LogP contribution is -2.43. The van der Waals surface area contributed by atoms with Crippen molar-refractivity contribution in [1.29, 1.82) is 5.26 Å². The number of carbonyl (C=O) groups is 1. The van der Waals surface area contributed by atoms with Crippen LogP contribution in [0.25, 0.3) is 0 Å². The van der Waals surface area contributed by atoms with Gasteiger partial charge >= 0.3 is 12.4 Å². The van der Waals surface area contributed by atoms with Gasteiger partial charge in [0.2, 0.25) is 0 Å². The van der Waals surface area contributed by atoms with E-state index < -0.39 is 24.4 Å². The molecule has 0 radical (unpaired) electrons. The van der Waals surface area contributed by atoms with Crippen molar-refractivity contribution in [1.82, 2.24) is 9.80 Å². The maximum Gasteiger partial charge on any atom is 0.408 e. The molecule has 0 amide bonds. The van der Waals surface area contributed by atoms with Crippen LogP contribution in [0, 0.1) is 11.3 Å². The van der Waals surface area contributed by atoms with Crippen molar-refractivity contribution in [2.75, 3.05) is 25.4 Å². The lowest BCUT2D eigenvalue weighted by molar-refractivity contribution is -0.189. The molecule has 2 N–H and O–H groups in total. The van der Waals surface area contributed by atoms with E-state index in [1.165, 1.54) is 45.4 Å². The van der Waals surface area contributed by atoms with Gasteiger partial charge in [-0.1, -0.05) is 60.7 Å². The van der Waals surface area contributed by atoms with Gasteiger partial charge in [-0.2, -0.15) is 31.6 Å². The number of hydrogen-bond donors (Lipinski definition) is 1. The predicted molar refractivity (Wildman–Crippen MR) is 144 cm³/mol. The van der Waals surface area contributed by atoms with Crippen LogP contribution < -0.4 is 5.73 Å². The Kier molecular flexibility index (Phi) is 9.41. The lowest BCUT2D eigenvalue weighted by atomic mass is 9.99. The summed E-state index contributed by atoms with van der Waals surface area (Å²) in [6.07, 6.45) is -7.86. The number of alkyl halides is 6. The highest BCUT2D eigenvalue weighted by atomic mass is 32.1. The largest absolute Gasteiger partial charge is 0.408 e. The van der Waals surface area contributed by atoms with Crippen molar-refractivity contribution in [3.63, 3.8) is 0 Å². The van der Waals surface area contributed by atoms with Crippen LogP contribution in [0.1, 0.15) is 52.1 Å². The zero-order valence-electron chi connectivity index (χ0n) is 21.9. The molecule has 2 unspecified atom stereocenters. The van der Waals surface area contributed by atoms with Crippen molar-refractivity contribution in [3.8, 4) is 6.07 Å². The number of piperidine rings is 1. The first-order chi connectivity index (χ1) is 19.4. The maximum atomic E-state index is 13.6. The minimum absolute atomic E-state index is 0.0419. The summed E-state index contributed by atoms with van der Waals surface area (Å²) in [7, 11) is 0. The Balaban J connectivity index is 0.000000195. The molecule has 1 aromatic heterocycles. The van der Waals surface area contributed by atoms with Gasteiger partial charge < -0.3 is 5.73 Å². The molecule has 218 valence electrons. The van der Waals surface area contributed by atoms with Crippen molar-refractivity contribution >= 4 is 22.1 Å². The summed E-state index contributed by atoms with van der Waals surface area (Å²) in [6, 6.07) is 14.6. The second kappa shape index (κ2) is 12.6. The van der Waals surface area contributed by atoms with Crippen LogP contribution in [0.4, 0.5) is 31.3 Å². The smallest absolute Gasteiger partial charge is 0.389 e. The fraction of sp³-hybridized carbons (Fsp3) is 0.379. The molecule has 3 heterocycles. The number of nitrogens with two attached hydrogens (primary N) is 1. The third-order valence-electron chi connectivity index (χ3n) is 7.16. The minimum Gasteiger partial charge on any atom is -0.389 e. The number of halogens is 6. The molecule has 41 heavy (non-hydrogen) atoms. The first-order valence-corrected chi connectivity index (χ1v) is 13.7. The maximum absolute atomic E-state index is 13.6. The topological polar surface area (TPSA) is 73.4 Å². The van der Waals surface area contributed by atoms with E-state index >= 15 is 0 Å². The van der Waals surface area contributed by atoms with E-state index in [1.807, 2.05) is 0 Å². The van der Waals surface area contributed by atoms with Gasteiger partial charge in [0.05, 0.1) is 5.56 Å².